The van der Waals surface area contributed by atoms with Gasteiger partial charge >= 0.3 is 5.97 Å². The summed E-state index contributed by atoms with van der Waals surface area (Å²) in [5.41, 5.74) is 7.43. The van der Waals surface area contributed by atoms with Crippen molar-refractivity contribution in [3.8, 4) is 0 Å². The molecule has 0 aromatic heterocycles. The summed E-state index contributed by atoms with van der Waals surface area (Å²) in [5.74, 6) is -0.366. The van der Waals surface area contributed by atoms with Gasteiger partial charge in [-0.15, -0.1) is 0 Å². The Labute approximate surface area is 120 Å². The summed E-state index contributed by atoms with van der Waals surface area (Å²) in [7, 11) is 0. The Morgan fingerprint density at radius 3 is 2.80 bits per heavy atom. The zero-order valence-electron chi connectivity index (χ0n) is 12.3. The van der Waals surface area contributed by atoms with Crippen LogP contribution in [0, 0.1) is 0 Å². The molecule has 0 spiro atoms. The van der Waals surface area contributed by atoms with Crippen molar-refractivity contribution in [3.05, 3.63) is 23.8 Å². The molecule has 0 radical (unpaired) electrons. The lowest BCUT2D eigenvalue weighted by molar-refractivity contribution is 0.0527. The van der Waals surface area contributed by atoms with Gasteiger partial charge in [-0.3, -0.25) is 0 Å². The number of unbranched alkanes of at least 4 members (excludes halogenated alkanes) is 1. The number of esters is 1. The fraction of sp³-hybridized carbons (Fsp3) is 0.533. The van der Waals surface area contributed by atoms with Crippen LogP contribution in [0.2, 0.25) is 0 Å². The predicted octanol–water partition coefficient (Wildman–Crippen LogP) is 2.67. The number of ether oxygens (including phenoxy) is 2. The first kappa shape index (κ1) is 16.3. The number of carbonyl (C=O) groups excluding carboxylic acids is 1. The smallest absolute Gasteiger partial charge is 0.340 e. The molecule has 20 heavy (non-hydrogen) atoms. The SMILES string of the molecule is CCCCOCCNc1ccc(N)cc1C(=O)OCC. The van der Waals surface area contributed by atoms with Gasteiger partial charge in [-0.25, -0.2) is 4.79 Å². The molecule has 5 heteroatoms. The molecule has 0 unspecified atom stereocenters. The molecular formula is C15H24N2O3. The Balaban J connectivity index is 2.53. The maximum atomic E-state index is 11.8. The van der Waals surface area contributed by atoms with Crippen molar-refractivity contribution in [2.75, 3.05) is 37.4 Å². The van der Waals surface area contributed by atoms with Gasteiger partial charge in [0.15, 0.2) is 0 Å². The molecule has 1 rings (SSSR count). The average Bonchev–Trinajstić information content (AvgIpc) is 2.44. The number of hydrogen-bond acceptors (Lipinski definition) is 5. The van der Waals surface area contributed by atoms with Gasteiger partial charge in [0.05, 0.1) is 18.8 Å². The van der Waals surface area contributed by atoms with Crippen molar-refractivity contribution in [1.29, 1.82) is 0 Å². The highest BCUT2D eigenvalue weighted by Gasteiger charge is 2.12. The highest BCUT2D eigenvalue weighted by atomic mass is 16.5. The quantitative estimate of drug-likeness (QED) is 0.413. The molecule has 0 aliphatic rings. The average molecular weight is 280 g/mol. The van der Waals surface area contributed by atoms with Gasteiger partial charge in [0, 0.05) is 24.5 Å². The van der Waals surface area contributed by atoms with Gasteiger partial charge in [-0.2, -0.15) is 0 Å². The molecule has 0 bridgehead atoms. The summed E-state index contributed by atoms with van der Waals surface area (Å²) < 4.78 is 10.5. The predicted molar refractivity (Wildman–Crippen MR) is 81.0 cm³/mol. The van der Waals surface area contributed by atoms with Crippen LogP contribution in [0.15, 0.2) is 18.2 Å². The molecule has 5 nitrogen and oxygen atoms in total. The number of hydrogen-bond donors (Lipinski definition) is 2. The number of benzene rings is 1. The van der Waals surface area contributed by atoms with E-state index in [1.54, 1.807) is 25.1 Å². The van der Waals surface area contributed by atoms with Gasteiger partial charge in [-0.05, 0) is 31.5 Å². The van der Waals surface area contributed by atoms with E-state index in [0.29, 0.717) is 31.0 Å². The van der Waals surface area contributed by atoms with Gasteiger partial charge in [0.25, 0.3) is 0 Å². The zero-order valence-corrected chi connectivity index (χ0v) is 12.3. The largest absolute Gasteiger partial charge is 0.462 e. The Morgan fingerprint density at radius 2 is 2.10 bits per heavy atom. The van der Waals surface area contributed by atoms with E-state index in [1.807, 2.05) is 0 Å². The zero-order chi connectivity index (χ0) is 14.8. The van der Waals surface area contributed by atoms with Crippen molar-refractivity contribution in [2.45, 2.75) is 26.7 Å². The molecule has 0 aliphatic carbocycles. The van der Waals surface area contributed by atoms with Crippen LogP contribution < -0.4 is 11.1 Å². The Hall–Kier alpha value is -1.75. The third-order valence-electron chi connectivity index (χ3n) is 2.74. The summed E-state index contributed by atoms with van der Waals surface area (Å²) in [6.45, 7) is 6.25. The van der Waals surface area contributed by atoms with Crippen LogP contribution in [0.25, 0.3) is 0 Å². The number of rotatable bonds is 9. The summed E-state index contributed by atoms with van der Waals surface area (Å²) in [6.07, 6.45) is 2.19. The van der Waals surface area contributed by atoms with Crippen LogP contribution in [0.4, 0.5) is 11.4 Å². The topological polar surface area (TPSA) is 73.6 Å². The van der Waals surface area contributed by atoms with Crippen molar-refractivity contribution in [3.63, 3.8) is 0 Å². The summed E-state index contributed by atoms with van der Waals surface area (Å²) in [4.78, 5) is 11.8. The fourth-order valence-electron chi connectivity index (χ4n) is 1.70. The first-order valence-electron chi connectivity index (χ1n) is 7.07. The monoisotopic (exact) mass is 280 g/mol. The molecule has 1 aromatic carbocycles. The molecular weight excluding hydrogens is 256 g/mol. The molecule has 0 aliphatic heterocycles. The van der Waals surface area contributed by atoms with Crippen molar-refractivity contribution >= 4 is 17.3 Å². The summed E-state index contributed by atoms with van der Waals surface area (Å²) >= 11 is 0. The summed E-state index contributed by atoms with van der Waals surface area (Å²) in [6, 6.07) is 5.16. The maximum absolute atomic E-state index is 11.8. The van der Waals surface area contributed by atoms with Crippen molar-refractivity contribution in [1.82, 2.24) is 0 Å². The third kappa shape index (κ3) is 5.48. The minimum atomic E-state index is -0.366. The molecule has 112 valence electrons. The van der Waals surface area contributed by atoms with E-state index in [4.69, 9.17) is 15.2 Å². The molecule has 0 atom stereocenters. The molecule has 0 heterocycles. The van der Waals surface area contributed by atoms with Gasteiger partial charge < -0.3 is 20.5 Å². The molecule has 0 fully saturated rings. The Morgan fingerprint density at radius 1 is 1.30 bits per heavy atom. The van der Waals surface area contributed by atoms with E-state index in [9.17, 15) is 4.79 Å². The van der Waals surface area contributed by atoms with Crippen molar-refractivity contribution < 1.29 is 14.3 Å². The minimum absolute atomic E-state index is 0.340. The fourth-order valence-corrected chi connectivity index (χ4v) is 1.70. The Kier molecular flexibility index (Phi) is 7.50. The Bertz CT molecular complexity index is 422. The molecule has 3 N–H and O–H groups in total. The van der Waals surface area contributed by atoms with Gasteiger partial charge in [0.2, 0.25) is 0 Å². The lowest BCUT2D eigenvalue weighted by atomic mass is 10.1. The van der Waals surface area contributed by atoms with Crippen molar-refractivity contribution in [2.24, 2.45) is 0 Å². The molecule has 0 saturated heterocycles. The lowest BCUT2D eigenvalue weighted by Crippen LogP contribution is -2.14. The molecule has 0 amide bonds. The highest BCUT2D eigenvalue weighted by Crippen LogP contribution is 2.19. The number of nitrogens with one attached hydrogen (secondary N) is 1. The lowest BCUT2D eigenvalue weighted by Gasteiger charge is -2.12. The maximum Gasteiger partial charge on any atom is 0.340 e. The second-order valence-electron chi connectivity index (χ2n) is 4.42. The van der Waals surface area contributed by atoms with Gasteiger partial charge in [0.1, 0.15) is 0 Å². The molecule has 1 aromatic rings. The second-order valence-corrected chi connectivity index (χ2v) is 4.42. The number of nitrogens with two attached hydrogens (primary N) is 1. The van der Waals surface area contributed by atoms with E-state index < -0.39 is 0 Å². The number of anilines is 2. The van der Waals surface area contributed by atoms with E-state index in [2.05, 4.69) is 12.2 Å². The van der Waals surface area contributed by atoms with Crippen LogP contribution in [0.5, 0.6) is 0 Å². The number of nitrogen functional groups attached to an aromatic ring is 1. The van der Waals surface area contributed by atoms with Crippen LogP contribution in [0.1, 0.15) is 37.0 Å². The molecule has 0 saturated carbocycles. The van der Waals surface area contributed by atoms with E-state index in [1.165, 1.54) is 0 Å². The minimum Gasteiger partial charge on any atom is -0.462 e. The van der Waals surface area contributed by atoms with Crippen LogP contribution in [-0.2, 0) is 9.47 Å². The second kappa shape index (κ2) is 9.20. The van der Waals surface area contributed by atoms with Gasteiger partial charge in [-0.1, -0.05) is 13.3 Å². The summed E-state index contributed by atoms with van der Waals surface area (Å²) in [5, 5.41) is 3.18. The first-order valence-corrected chi connectivity index (χ1v) is 7.07. The van der Waals surface area contributed by atoms with E-state index in [-0.39, 0.29) is 5.97 Å². The first-order chi connectivity index (χ1) is 9.69. The normalized spacial score (nSPS) is 10.3. The van der Waals surface area contributed by atoms with Crippen LogP contribution in [-0.4, -0.2) is 32.3 Å². The van der Waals surface area contributed by atoms with Crippen LogP contribution >= 0.6 is 0 Å². The number of carbonyl (C=O) groups is 1. The third-order valence-corrected chi connectivity index (χ3v) is 2.74. The van der Waals surface area contributed by atoms with E-state index >= 15 is 0 Å². The van der Waals surface area contributed by atoms with E-state index in [0.717, 1.165) is 25.1 Å². The van der Waals surface area contributed by atoms with Crippen LogP contribution in [0.3, 0.4) is 0 Å². The highest BCUT2D eigenvalue weighted by molar-refractivity contribution is 5.96. The standard InChI is InChI=1S/C15H24N2O3/c1-3-5-9-19-10-8-17-14-7-6-12(16)11-13(14)15(18)20-4-2/h6-7,11,17H,3-5,8-10,16H2,1-2H3.